The standard InChI is InChI=1S/C19H26N2O3S/c1-25-16-14-18(23)21(19(16)24)13-6-5-12-20-17(22)11-7-10-15-8-3-2-4-9-15/h2-4,8-9,16H,5-7,10-14H2,1H3,(H,20,22). The molecule has 5 nitrogen and oxygen atoms in total. The highest BCUT2D eigenvalue weighted by molar-refractivity contribution is 8.00. The lowest BCUT2D eigenvalue weighted by Gasteiger charge is -2.14. The highest BCUT2D eigenvalue weighted by Gasteiger charge is 2.37. The Balaban J connectivity index is 1.53. The third-order valence-corrected chi connectivity index (χ3v) is 5.27. The average Bonchev–Trinajstić information content (AvgIpc) is 2.89. The molecule has 136 valence electrons. The Kier molecular flexibility index (Phi) is 7.98. The van der Waals surface area contributed by atoms with Gasteiger partial charge in [-0.05, 0) is 37.5 Å². The van der Waals surface area contributed by atoms with Crippen molar-refractivity contribution in [3.05, 3.63) is 35.9 Å². The second-order valence-corrected chi connectivity index (χ2v) is 7.25. The van der Waals surface area contributed by atoms with Gasteiger partial charge < -0.3 is 5.32 Å². The molecule has 0 spiro atoms. The predicted octanol–water partition coefficient (Wildman–Crippen LogP) is 2.40. The van der Waals surface area contributed by atoms with Crippen LogP contribution in [0.4, 0.5) is 0 Å². The average molecular weight is 362 g/mol. The van der Waals surface area contributed by atoms with Gasteiger partial charge in [0.25, 0.3) is 0 Å². The molecule has 6 heteroatoms. The van der Waals surface area contributed by atoms with E-state index in [1.807, 2.05) is 24.5 Å². The summed E-state index contributed by atoms with van der Waals surface area (Å²) in [5.74, 6) is -0.0801. The van der Waals surface area contributed by atoms with Crippen LogP contribution < -0.4 is 5.32 Å². The number of benzene rings is 1. The van der Waals surface area contributed by atoms with E-state index in [1.54, 1.807) is 0 Å². The second kappa shape index (κ2) is 10.2. The fourth-order valence-electron chi connectivity index (χ4n) is 2.88. The van der Waals surface area contributed by atoms with Crippen LogP contribution in [0.5, 0.6) is 0 Å². The Hall–Kier alpha value is -1.82. The number of rotatable bonds is 10. The molecule has 1 saturated heterocycles. The lowest BCUT2D eigenvalue weighted by atomic mass is 10.1. The minimum absolute atomic E-state index is 0.0618. The fourth-order valence-corrected chi connectivity index (χ4v) is 3.52. The van der Waals surface area contributed by atoms with Crippen LogP contribution in [0.3, 0.4) is 0 Å². The number of carbonyl (C=O) groups excluding carboxylic acids is 3. The number of aryl methyl sites for hydroxylation is 1. The summed E-state index contributed by atoms with van der Waals surface area (Å²) in [6.07, 6.45) is 5.93. The van der Waals surface area contributed by atoms with E-state index in [4.69, 9.17) is 0 Å². The van der Waals surface area contributed by atoms with Crippen LogP contribution in [-0.4, -0.2) is 47.2 Å². The molecule has 1 atom stereocenters. The molecule has 0 aromatic heterocycles. The SMILES string of the molecule is CSC1CC(=O)N(CCCCNC(=O)CCCc2ccccc2)C1=O. The highest BCUT2D eigenvalue weighted by atomic mass is 32.2. The van der Waals surface area contributed by atoms with E-state index < -0.39 is 0 Å². The van der Waals surface area contributed by atoms with Gasteiger partial charge in [0, 0.05) is 25.9 Å². The number of nitrogens with one attached hydrogen (secondary N) is 1. The molecule has 0 saturated carbocycles. The first-order valence-corrected chi connectivity index (χ1v) is 10.1. The summed E-state index contributed by atoms with van der Waals surface area (Å²) in [6.45, 7) is 1.05. The zero-order valence-electron chi connectivity index (χ0n) is 14.7. The van der Waals surface area contributed by atoms with Crippen molar-refractivity contribution in [1.82, 2.24) is 10.2 Å². The van der Waals surface area contributed by atoms with Crippen molar-refractivity contribution >= 4 is 29.5 Å². The number of likely N-dealkylation sites (tertiary alicyclic amines) is 1. The van der Waals surface area contributed by atoms with Gasteiger partial charge >= 0.3 is 0 Å². The van der Waals surface area contributed by atoms with Gasteiger partial charge in [-0.2, -0.15) is 11.8 Å². The van der Waals surface area contributed by atoms with Crippen molar-refractivity contribution in [3.63, 3.8) is 0 Å². The Bertz CT molecular complexity index is 592. The van der Waals surface area contributed by atoms with Crippen LogP contribution in [0.1, 0.15) is 37.7 Å². The fraction of sp³-hybridized carbons (Fsp3) is 0.526. The van der Waals surface area contributed by atoms with Crippen LogP contribution >= 0.6 is 11.8 Å². The van der Waals surface area contributed by atoms with Crippen molar-refractivity contribution < 1.29 is 14.4 Å². The molecular weight excluding hydrogens is 336 g/mol. The minimum atomic E-state index is -0.211. The van der Waals surface area contributed by atoms with Gasteiger partial charge in [0.1, 0.15) is 0 Å². The molecule has 1 unspecified atom stereocenters. The molecule has 25 heavy (non-hydrogen) atoms. The van der Waals surface area contributed by atoms with E-state index in [1.165, 1.54) is 22.2 Å². The monoisotopic (exact) mass is 362 g/mol. The van der Waals surface area contributed by atoms with Crippen molar-refractivity contribution in [1.29, 1.82) is 0 Å². The zero-order valence-corrected chi connectivity index (χ0v) is 15.5. The zero-order chi connectivity index (χ0) is 18.1. The van der Waals surface area contributed by atoms with Gasteiger partial charge in [0.15, 0.2) is 0 Å². The lowest BCUT2D eigenvalue weighted by Crippen LogP contribution is -2.33. The summed E-state index contributed by atoms with van der Waals surface area (Å²) < 4.78 is 0. The van der Waals surface area contributed by atoms with Gasteiger partial charge in [-0.25, -0.2) is 0 Å². The number of unbranched alkanes of at least 4 members (excludes halogenated alkanes) is 1. The molecule has 1 aliphatic rings. The molecule has 0 aliphatic carbocycles. The van der Waals surface area contributed by atoms with Crippen LogP contribution in [0.25, 0.3) is 0 Å². The van der Waals surface area contributed by atoms with Gasteiger partial charge in [-0.1, -0.05) is 30.3 Å². The Morgan fingerprint density at radius 3 is 2.64 bits per heavy atom. The van der Waals surface area contributed by atoms with Crippen molar-refractivity contribution in [2.75, 3.05) is 19.3 Å². The summed E-state index contributed by atoms with van der Waals surface area (Å²) in [7, 11) is 0. The molecule has 1 heterocycles. The molecule has 1 aliphatic heterocycles. The van der Waals surface area contributed by atoms with Crippen LogP contribution in [0, 0.1) is 0 Å². The number of thioether (sulfide) groups is 1. The van der Waals surface area contributed by atoms with Crippen LogP contribution in [-0.2, 0) is 20.8 Å². The number of hydrogen-bond acceptors (Lipinski definition) is 4. The Morgan fingerprint density at radius 2 is 1.96 bits per heavy atom. The molecule has 0 bridgehead atoms. The van der Waals surface area contributed by atoms with E-state index >= 15 is 0 Å². The normalized spacial score (nSPS) is 17.2. The predicted molar refractivity (Wildman–Crippen MR) is 100 cm³/mol. The third kappa shape index (κ3) is 6.20. The summed E-state index contributed by atoms with van der Waals surface area (Å²) in [5.41, 5.74) is 1.25. The molecule has 1 aromatic rings. The smallest absolute Gasteiger partial charge is 0.242 e. The first kappa shape index (κ1) is 19.5. The number of hydrogen-bond donors (Lipinski definition) is 1. The number of imide groups is 1. The van der Waals surface area contributed by atoms with Gasteiger partial charge in [0.05, 0.1) is 5.25 Å². The lowest BCUT2D eigenvalue weighted by molar-refractivity contribution is -0.138. The Labute approximate surface area is 153 Å². The van der Waals surface area contributed by atoms with Gasteiger partial charge in [0.2, 0.25) is 17.7 Å². The van der Waals surface area contributed by atoms with Crippen LogP contribution in [0.2, 0.25) is 0 Å². The summed E-state index contributed by atoms with van der Waals surface area (Å²) >= 11 is 1.43. The summed E-state index contributed by atoms with van der Waals surface area (Å²) in [5, 5.41) is 2.69. The summed E-state index contributed by atoms with van der Waals surface area (Å²) in [6, 6.07) is 10.1. The van der Waals surface area contributed by atoms with Gasteiger partial charge in [-0.3, -0.25) is 19.3 Å². The Morgan fingerprint density at radius 1 is 1.20 bits per heavy atom. The molecule has 1 aromatic carbocycles. The number of carbonyl (C=O) groups is 3. The first-order valence-electron chi connectivity index (χ1n) is 8.79. The first-order chi connectivity index (χ1) is 12.1. The largest absolute Gasteiger partial charge is 0.356 e. The van der Waals surface area contributed by atoms with E-state index in [2.05, 4.69) is 17.4 Å². The summed E-state index contributed by atoms with van der Waals surface area (Å²) in [4.78, 5) is 36.9. The highest BCUT2D eigenvalue weighted by Crippen LogP contribution is 2.23. The van der Waals surface area contributed by atoms with E-state index in [9.17, 15) is 14.4 Å². The van der Waals surface area contributed by atoms with E-state index in [0.717, 1.165) is 25.7 Å². The number of amides is 3. The van der Waals surface area contributed by atoms with Crippen molar-refractivity contribution in [3.8, 4) is 0 Å². The second-order valence-electron chi connectivity index (χ2n) is 6.21. The minimum Gasteiger partial charge on any atom is -0.356 e. The van der Waals surface area contributed by atoms with E-state index in [0.29, 0.717) is 25.9 Å². The molecular formula is C19H26N2O3S. The van der Waals surface area contributed by atoms with Gasteiger partial charge in [-0.15, -0.1) is 0 Å². The van der Waals surface area contributed by atoms with Crippen LogP contribution in [0.15, 0.2) is 30.3 Å². The maximum Gasteiger partial charge on any atom is 0.242 e. The quantitative estimate of drug-likeness (QED) is 0.513. The molecule has 2 rings (SSSR count). The molecule has 0 radical (unpaired) electrons. The topological polar surface area (TPSA) is 66.5 Å². The molecule has 1 N–H and O–H groups in total. The van der Waals surface area contributed by atoms with Crippen molar-refractivity contribution in [2.24, 2.45) is 0 Å². The maximum atomic E-state index is 12.0. The molecule has 1 fully saturated rings. The third-order valence-electron chi connectivity index (χ3n) is 4.33. The van der Waals surface area contributed by atoms with E-state index in [-0.39, 0.29) is 23.0 Å². The maximum absolute atomic E-state index is 12.0. The molecule has 3 amide bonds. The number of nitrogens with zero attached hydrogens (tertiary/aromatic N) is 1. The van der Waals surface area contributed by atoms with Crippen molar-refractivity contribution in [2.45, 2.75) is 43.8 Å².